The number of fused-ring (bicyclic) bond motifs is 4. The summed E-state index contributed by atoms with van der Waals surface area (Å²) in [4.78, 5) is 12.2. The number of hydrogen-bond donors (Lipinski definition) is 2. The highest BCUT2D eigenvalue weighted by atomic mass is 16.3. The number of Topliss-reactive ketones (excluding diaryl/α,β-unsaturated/α-hetero) is 1. The maximum absolute atomic E-state index is 12.3. The van der Waals surface area contributed by atoms with Gasteiger partial charge in [-0.3, -0.25) is 4.79 Å². The molecule has 0 aromatic heterocycles. The highest BCUT2D eigenvalue weighted by molar-refractivity contribution is 5.84. The van der Waals surface area contributed by atoms with Crippen molar-refractivity contribution in [3.63, 3.8) is 0 Å². The first-order valence-corrected chi connectivity index (χ1v) is 11.8. The van der Waals surface area contributed by atoms with Gasteiger partial charge in [0.15, 0.2) is 0 Å². The molecular weight excluding hydrogens is 382 g/mol. The summed E-state index contributed by atoms with van der Waals surface area (Å²) in [6, 6.07) is 8.70. The number of hydrogen-bond acceptors (Lipinski definition) is 3. The van der Waals surface area contributed by atoms with Gasteiger partial charge >= 0.3 is 0 Å². The van der Waals surface area contributed by atoms with E-state index in [1.165, 1.54) is 22.3 Å². The molecule has 3 nitrogen and oxygen atoms in total. The smallest absolute Gasteiger partial charge is 0.137 e. The lowest BCUT2D eigenvalue weighted by molar-refractivity contribution is -0.118. The molecule has 0 heterocycles. The minimum atomic E-state index is -0.785. The monoisotopic (exact) mass is 415 g/mol. The Bertz CT molecular complexity index is 1040. The number of ketones is 1. The van der Waals surface area contributed by atoms with Gasteiger partial charge in [0.05, 0.1) is 11.0 Å². The van der Waals surface area contributed by atoms with E-state index in [0.717, 1.165) is 37.8 Å². The summed E-state index contributed by atoms with van der Waals surface area (Å²) in [5, 5.41) is 15.5. The number of carbonyl (C=O) groups excluding carboxylic acids is 1. The van der Waals surface area contributed by atoms with Crippen molar-refractivity contribution in [3.8, 4) is 11.8 Å². The largest absolute Gasteiger partial charge is 0.388 e. The molecule has 1 aromatic carbocycles. The van der Waals surface area contributed by atoms with Crippen LogP contribution >= 0.6 is 0 Å². The van der Waals surface area contributed by atoms with Gasteiger partial charge in [-0.05, 0) is 86.6 Å². The molecule has 0 radical (unpaired) electrons. The van der Waals surface area contributed by atoms with Crippen molar-refractivity contribution in [2.45, 2.75) is 70.3 Å². The Hall–Kier alpha value is -2.31. The predicted molar refractivity (Wildman–Crippen MR) is 125 cm³/mol. The number of rotatable bonds is 2. The van der Waals surface area contributed by atoms with Crippen LogP contribution in [0.4, 0.5) is 5.69 Å². The van der Waals surface area contributed by atoms with Gasteiger partial charge in [0.1, 0.15) is 5.78 Å². The van der Waals surface area contributed by atoms with Gasteiger partial charge in [0.25, 0.3) is 0 Å². The van der Waals surface area contributed by atoms with E-state index < -0.39 is 5.60 Å². The average Bonchev–Trinajstić information content (AvgIpc) is 3.03. The van der Waals surface area contributed by atoms with Gasteiger partial charge in [-0.2, -0.15) is 0 Å². The molecular formula is C28H33NO2. The maximum Gasteiger partial charge on any atom is 0.137 e. The summed E-state index contributed by atoms with van der Waals surface area (Å²) < 4.78 is 0. The highest BCUT2D eigenvalue weighted by Gasteiger charge is 2.62. The van der Waals surface area contributed by atoms with Crippen molar-refractivity contribution in [3.05, 3.63) is 52.6 Å². The summed E-state index contributed by atoms with van der Waals surface area (Å²) in [6.45, 7) is 4.06. The lowest BCUT2D eigenvalue weighted by Gasteiger charge is -2.52. The van der Waals surface area contributed by atoms with E-state index in [-0.39, 0.29) is 17.3 Å². The van der Waals surface area contributed by atoms with Crippen molar-refractivity contribution >= 4 is 11.5 Å². The third-order valence-electron chi connectivity index (χ3n) is 8.70. The molecule has 2 N–H and O–H groups in total. The van der Waals surface area contributed by atoms with Crippen molar-refractivity contribution in [1.82, 2.24) is 0 Å². The quantitative estimate of drug-likeness (QED) is 0.638. The zero-order chi connectivity index (χ0) is 21.8. The topological polar surface area (TPSA) is 49.3 Å². The molecule has 3 heteroatoms. The second kappa shape index (κ2) is 7.38. The van der Waals surface area contributed by atoms with Gasteiger partial charge < -0.3 is 10.4 Å². The van der Waals surface area contributed by atoms with Gasteiger partial charge in [-0.15, -0.1) is 5.92 Å². The van der Waals surface area contributed by atoms with Crippen LogP contribution in [0.5, 0.6) is 0 Å². The summed E-state index contributed by atoms with van der Waals surface area (Å²) in [5.74, 6) is 7.67. The van der Waals surface area contributed by atoms with Gasteiger partial charge in [-0.25, -0.2) is 0 Å². The summed E-state index contributed by atoms with van der Waals surface area (Å²) in [7, 11) is 1.94. The van der Waals surface area contributed by atoms with Crippen LogP contribution in [0, 0.1) is 29.1 Å². The molecule has 0 spiro atoms. The number of aliphatic hydroxyl groups is 1. The van der Waals surface area contributed by atoms with Crippen molar-refractivity contribution in [2.24, 2.45) is 17.3 Å². The van der Waals surface area contributed by atoms with Gasteiger partial charge in [0.2, 0.25) is 0 Å². The van der Waals surface area contributed by atoms with Crippen LogP contribution in [0.3, 0.4) is 0 Å². The number of carbonyl (C=O) groups is 1. The molecule has 31 heavy (non-hydrogen) atoms. The standard InChI is InChI=1S/C28H33NO2/c1-4-14-27(2)15-13-25-23-11-7-19-16-21(30)10-12-22(19)26(23)24(17-28(25,27)31)18-5-8-20(29-3)9-6-18/h5-9,23-25,29,31H,10-13,15-17H2,1-3H3/t23-,24?,25-,27+,28+/m0/s1. The van der Waals surface area contributed by atoms with Gasteiger partial charge in [0, 0.05) is 31.5 Å². The molecule has 3 fully saturated rings. The van der Waals surface area contributed by atoms with E-state index in [0.29, 0.717) is 24.5 Å². The second-order valence-electron chi connectivity index (χ2n) is 10.1. The molecule has 162 valence electrons. The Labute approximate surface area is 186 Å². The minimum absolute atomic E-state index is 0.181. The molecule has 0 amide bonds. The highest BCUT2D eigenvalue weighted by Crippen LogP contribution is 2.64. The van der Waals surface area contributed by atoms with E-state index in [1.807, 2.05) is 14.0 Å². The van der Waals surface area contributed by atoms with Crippen LogP contribution in [0.1, 0.15) is 70.3 Å². The first-order valence-electron chi connectivity index (χ1n) is 11.8. The Balaban J connectivity index is 1.66. The minimum Gasteiger partial charge on any atom is -0.388 e. The molecule has 5 rings (SSSR count). The molecule has 0 bridgehead atoms. The van der Waals surface area contributed by atoms with Crippen LogP contribution in [0.2, 0.25) is 0 Å². The van der Waals surface area contributed by atoms with E-state index in [4.69, 9.17) is 0 Å². The molecule has 3 saturated carbocycles. The average molecular weight is 416 g/mol. The molecule has 1 unspecified atom stereocenters. The summed E-state index contributed by atoms with van der Waals surface area (Å²) in [5.41, 5.74) is 5.43. The fourth-order valence-electron chi connectivity index (χ4n) is 7.09. The third-order valence-corrected chi connectivity index (χ3v) is 8.70. The Morgan fingerprint density at radius 2 is 1.97 bits per heavy atom. The fraction of sp³-hybridized carbons (Fsp3) is 0.536. The zero-order valence-corrected chi connectivity index (χ0v) is 18.9. The van der Waals surface area contributed by atoms with Crippen LogP contribution in [0.25, 0.3) is 0 Å². The van der Waals surface area contributed by atoms with E-state index >= 15 is 0 Å². The number of anilines is 1. The van der Waals surface area contributed by atoms with Crippen LogP contribution in [-0.2, 0) is 4.79 Å². The van der Waals surface area contributed by atoms with Crippen LogP contribution in [-0.4, -0.2) is 23.5 Å². The van der Waals surface area contributed by atoms with E-state index in [1.54, 1.807) is 0 Å². The molecule has 0 saturated heterocycles. The number of benzene rings is 1. The van der Waals surface area contributed by atoms with Crippen molar-refractivity contribution in [2.75, 3.05) is 12.4 Å². The van der Waals surface area contributed by atoms with Crippen LogP contribution in [0.15, 0.2) is 47.1 Å². The molecule has 0 aliphatic heterocycles. The SMILES string of the molecule is CC#C[C@]1(C)CC[C@H]2[C@@H]3CC=C4CC(=O)CCC4=C3C(c3ccc(NC)cc3)C[C@@]21O. The first-order chi connectivity index (χ1) is 14.9. The number of allylic oxidation sites excluding steroid dienone is 4. The molecule has 4 aliphatic carbocycles. The van der Waals surface area contributed by atoms with Crippen LogP contribution < -0.4 is 5.32 Å². The normalized spacial score (nSPS) is 36.6. The molecule has 5 atom stereocenters. The Morgan fingerprint density at radius 3 is 2.68 bits per heavy atom. The van der Waals surface area contributed by atoms with Crippen molar-refractivity contribution in [1.29, 1.82) is 0 Å². The van der Waals surface area contributed by atoms with E-state index in [2.05, 4.69) is 54.4 Å². The van der Waals surface area contributed by atoms with Crippen molar-refractivity contribution < 1.29 is 9.90 Å². The summed E-state index contributed by atoms with van der Waals surface area (Å²) in [6.07, 6.45) is 8.05. The lowest BCUT2D eigenvalue weighted by Crippen LogP contribution is -2.53. The first kappa shape index (κ1) is 20.6. The fourth-order valence-corrected chi connectivity index (χ4v) is 7.09. The van der Waals surface area contributed by atoms with E-state index in [9.17, 15) is 9.90 Å². The molecule has 1 aromatic rings. The number of nitrogens with one attached hydrogen (secondary N) is 1. The maximum atomic E-state index is 12.3. The lowest BCUT2D eigenvalue weighted by atomic mass is 9.54. The third kappa shape index (κ3) is 3.03. The predicted octanol–water partition coefficient (Wildman–Crippen LogP) is 5.38. The van der Waals surface area contributed by atoms with Gasteiger partial charge in [-0.1, -0.05) is 29.7 Å². The molecule has 4 aliphatic rings. The summed E-state index contributed by atoms with van der Waals surface area (Å²) >= 11 is 0. The Kier molecular flexibility index (Phi) is 4.90. The second-order valence-corrected chi connectivity index (χ2v) is 10.1. The zero-order valence-electron chi connectivity index (χ0n) is 18.9. The Morgan fingerprint density at radius 1 is 1.19 bits per heavy atom.